The van der Waals surface area contributed by atoms with Gasteiger partial charge in [-0.25, -0.2) is 0 Å². The molecule has 0 radical (unpaired) electrons. The van der Waals surface area contributed by atoms with Crippen LogP contribution in [0.2, 0.25) is 0 Å². The second-order valence-corrected chi connectivity index (χ2v) is 4.98. The third-order valence-electron chi connectivity index (χ3n) is 3.12. The monoisotopic (exact) mass is 280 g/mol. The molecule has 20 heavy (non-hydrogen) atoms. The Bertz CT molecular complexity index is 500. The number of nitrogens with zero attached hydrogens (tertiary/aromatic N) is 2. The van der Waals surface area contributed by atoms with Crippen molar-refractivity contribution in [1.29, 1.82) is 0 Å². The SMILES string of the molecule is Cc1cccc(N(CCCC(=O)O)C(C)C)c1[N+](=O)[O-]. The van der Waals surface area contributed by atoms with E-state index in [1.54, 1.807) is 25.1 Å². The first-order chi connectivity index (χ1) is 9.34. The van der Waals surface area contributed by atoms with Gasteiger partial charge in [0.15, 0.2) is 0 Å². The largest absolute Gasteiger partial charge is 0.481 e. The number of hydrogen-bond acceptors (Lipinski definition) is 4. The fraction of sp³-hybridized carbons (Fsp3) is 0.500. The Morgan fingerprint density at radius 3 is 2.60 bits per heavy atom. The van der Waals surface area contributed by atoms with Crippen LogP contribution in [0.5, 0.6) is 0 Å². The van der Waals surface area contributed by atoms with Crippen molar-refractivity contribution in [1.82, 2.24) is 0 Å². The molecule has 110 valence electrons. The highest BCUT2D eigenvalue weighted by Gasteiger charge is 2.23. The van der Waals surface area contributed by atoms with E-state index >= 15 is 0 Å². The lowest BCUT2D eigenvalue weighted by molar-refractivity contribution is -0.384. The molecule has 0 aliphatic heterocycles. The maximum absolute atomic E-state index is 11.2. The third-order valence-corrected chi connectivity index (χ3v) is 3.12. The van der Waals surface area contributed by atoms with Crippen LogP contribution in [0.25, 0.3) is 0 Å². The molecule has 1 rings (SSSR count). The van der Waals surface area contributed by atoms with E-state index in [1.807, 2.05) is 18.7 Å². The Balaban J connectivity index is 3.06. The average molecular weight is 280 g/mol. The van der Waals surface area contributed by atoms with E-state index < -0.39 is 5.97 Å². The molecule has 0 saturated heterocycles. The molecule has 1 aromatic rings. The standard InChI is InChI=1S/C14H20N2O4/c1-10(2)15(9-5-8-13(17)18)12-7-4-6-11(3)14(12)16(19)20/h4,6-7,10H,5,8-9H2,1-3H3,(H,17,18). The van der Waals surface area contributed by atoms with Gasteiger partial charge in [0, 0.05) is 24.6 Å². The molecule has 0 amide bonds. The van der Waals surface area contributed by atoms with Crippen molar-refractivity contribution in [2.24, 2.45) is 0 Å². The van der Waals surface area contributed by atoms with Gasteiger partial charge in [0.25, 0.3) is 5.69 Å². The molecule has 6 heteroatoms. The molecule has 0 fully saturated rings. The second-order valence-electron chi connectivity index (χ2n) is 4.98. The van der Waals surface area contributed by atoms with Gasteiger partial charge < -0.3 is 10.0 Å². The fourth-order valence-electron chi connectivity index (χ4n) is 2.17. The number of hydrogen-bond donors (Lipinski definition) is 1. The van der Waals surface area contributed by atoms with Gasteiger partial charge in [-0.15, -0.1) is 0 Å². The first kappa shape index (κ1) is 15.9. The molecule has 1 N–H and O–H groups in total. The number of aliphatic carboxylic acids is 1. The molecule has 6 nitrogen and oxygen atoms in total. The van der Waals surface area contributed by atoms with Crippen molar-refractivity contribution in [3.8, 4) is 0 Å². The molecular formula is C14H20N2O4. The summed E-state index contributed by atoms with van der Waals surface area (Å²) in [5, 5.41) is 19.9. The molecule has 0 aliphatic rings. The van der Waals surface area contributed by atoms with E-state index in [0.717, 1.165) is 0 Å². The van der Waals surface area contributed by atoms with Gasteiger partial charge in [-0.3, -0.25) is 14.9 Å². The molecule has 0 heterocycles. The first-order valence-corrected chi connectivity index (χ1v) is 6.57. The van der Waals surface area contributed by atoms with Crippen molar-refractivity contribution >= 4 is 17.3 Å². The Morgan fingerprint density at radius 1 is 1.45 bits per heavy atom. The maximum Gasteiger partial charge on any atom is 0.303 e. The summed E-state index contributed by atoms with van der Waals surface area (Å²) in [5.41, 5.74) is 1.25. The topological polar surface area (TPSA) is 83.7 Å². The highest BCUT2D eigenvalue weighted by Crippen LogP contribution is 2.32. The zero-order chi connectivity index (χ0) is 15.3. The summed E-state index contributed by atoms with van der Waals surface area (Å²) in [6, 6.07) is 5.26. The lowest BCUT2D eigenvalue weighted by atomic mass is 10.1. The van der Waals surface area contributed by atoms with Crippen molar-refractivity contribution in [2.45, 2.75) is 39.7 Å². The quantitative estimate of drug-likeness (QED) is 0.613. The summed E-state index contributed by atoms with van der Waals surface area (Å²) in [6.07, 6.45) is 0.515. The minimum absolute atomic E-state index is 0.0584. The molecule has 0 bridgehead atoms. The van der Waals surface area contributed by atoms with Crippen molar-refractivity contribution in [3.63, 3.8) is 0 Å². The number of rotatable bonds is 7. The van der Waals surface area contributed by atoms with Crippen LogP contribution in [-0.2, 0) is 4.79 Å². The molecule has 0 aliphatic carbocycles. The first-order valence-electron chi connectivity index (χ1n) is 6.57. The minimum Gasteiger partial charge on any atom is -0.481 e. The van der Waals surface area contributed by atoms with Gasteiger partial charge in [-0.2, -0.15) is 0 Å². The van der Waals surface area contributed by atoms with E-state index in [2.05, 4.69) is 0 Å². The number of carboxylic acid groups (broad SMARTS) is 1. The highest BCUT2D eigenvalue weighted by molar-refractivity contribution is 5.68. The van der Waals surface area contributed by atoms with Crippen LogP contribution in [0.15, 0.2) is 18.2 Å². The normalized spacial score (nSPS) is 10.6. The molecular weight excluding hydrogens is 260 g/mol. The van der Waals surface area contributed by atoms with Crippen LogP contribution in [-0.4, -0.2) is 28.6 Å². The van der Waals surface area contributed by atoms with E-state index in [1.165, 1.54) is 0 Å². The van der Waals surface area contributed by atoms with Crippen molar-refractivity contribution in [2.75, 3.05) is 11.4 Å². The molecule has 0 atom stereocenters. The third kappa shape index (κ3) is 3.94. The number of nitro groups is 1. The average Bonchev–Trinajstić information content (AvgIpc) is 2.33. The Kier molecular flexibility index (Phi) is 5.49. The summed E-state index contributed by atoms with van der Waals surface area (Å²) in [6.45, 7) is 6.06. The Hall–Kier alpha value is -2.11. The fourth-order valence-corrected chi connectivity index (χ4v) is 2.17. The number of anilines is 1. The molecule has 1 aromatic carbocycles. The van der Waals surface area contributed by atoms with Crippen LogP contribution in [0, 0.1) is 17.0 Å². The van der Waals surface area contributed by atoms with Crippen LogP contribution in [0.4, 0.5) is 11.4 Å². The zero-order valence-corrected chi connectivity index (χ0v) is 12.0. The van der Waals surface area contributed by atoms with Crippen LogP contribution in [0.3, 0.4) is 0 Å². The van der Waals surface area contributed by atoms with Gasteiger partial charge in [0.1, 0.15) is 5.69 Å². The van der Waals surface area contributed by atoms with Gasteiger partial charge in [-0.1, -0.05) is 12.1 Å². The van der Waals surface area contributed by atoms with Crippen molar-refractivity contribution in [3.05, 3.63) is 33.9 Å². The second kappa shape index (κ2) is 6.88. The van der Waals surface area contributed by atoms with Gasteiger partial charge >= 0.3 is 5.97 Å². The lowest BCUT2D eigenvalue weighted by Gasteiger charge is -2.28. The van der Waals surface area contributed by atoms with Gasteiger partial charge in [0.2, 0.25) is 0 Å². The lowest BCUT2D eigenvalue weighted by Crippen LogP contribution is -2.32. The number of nitro benzene ring substituents is 1. The summed E-state index contributed by atoms with van der Waals surface area (Å²) < 4.78 is 0. The van der Waals surface area contributed by atoms with Crippen molar-refractivity contribution < 1.29 is 14.8 Å². The molecule has 0 aromatic heterocycles. The van der Waals surface area contributed by atoms with E-state index in [-0.39, 0.29) is 23.1 Å². The molecule has 0 saturated carbocycles. The molecule has 0 unspecified atom stereocenters. The predicted molar refractivity (Wildman–Crippen MR) is 77.2 cm³/mol. The summed E-state index contributed by atoms with van der Waals surface area (Å²) in [5.74, 6) is -0.854. The summed E-state index contributed by atoms with van der Waals surface area (Å²) in [4.78, 5) is 23.3. The number of para-hydroxylation sites is 1. The number of aryl methyl sites for hydroxylation is 1. The van der Waals surface area contributed by atoms with Crippen LogP contribution >= 0.6 is 0 Å². The Labute approximate surface area is 118 Å². The predicted octanol–water partition coefficient (Wildman–Crippen LogP) is 2.98. The van der Waals surface area contributed by atoms with Gasteiger partial charge in [-0.05, 0) is 33.3 Å². The van der Waals surface area contributed by atoms with E-state index in [4.69, 9.17) is 5.11 Å². The van der Waals surface area contributed by atoms with Crippen LogP contribution in [0.1, 0.15) is 32.3 Å². The number of carbonyl (C=O) groups is 1. The van der Waals surface area contributed by atoms with Crippen LogP contribution < -0.4 is 4.90 Å². The van der Waals surface area contributed by atoms with E-state index in [0.29, 0.717) is 24.2 Å². The number of carboxylic acids is 1. The number of benzene rings is 1. The maximum atomic E-state index is 11.2. The molecule has 0 spiro atoms. The summed E-state index contributed by atoms with van der Waals surface area (Å²) in [7, 11) is 0. The van der Waals surface area contributed by atoms with E-state index in [9.17, 15) is 14.9 Å². The smallest absolute Gasteiger partial charge is 0.303 e. The zero-order valence-electron chi connectivity index (χ0n) is 12.0. The Morgan fingerprint density at radius 2 is 2.10 bits per heavy atom. The minimum atomic E-state index is -0.854. The highest BCUT2D eigenvalue weighted by atomic mass is 16.6. The summed E-state index contributed by atoms with van der Waals surface area (Å²) >= 11 is 0. The van der Waals surface area contributed by atoms with Gasteiger partial charge in [0.05, 0.1) is 4.92 Å².